The van der Waals surface area contributed by atoms with E-state index in [1.807, 2.05) is 0 Å². The lowest BCUT2D eigenvalue weighted by molar-refractivity contribution is -0.151. The molecule has 0 saturated carbocycles. The first-order valence-electron chi connectivity index (χ1n) is 7.75. The first-order valence-corrected chi connectivity index (χ1v) is 10.0. The summed E-state index contributed by atoms with van der Waals surface area (Å²) in [6, 6.07) is 4.05. The second-order valence-corrected chi connectivity index (χ2v) is 8.19. The van der Waals surface area contributed by atoms with Gasteiger partial charge in [0.25, 0.3) is 0 Å². The Hall–Kier alpha value is -1.45. The highest BCUT2D eigenvalue weighted by atomic mass is 79.9. The van der Waals surface area contributed by atoms with Crippen molar-refractivity contribution in [1.29, 1.82) is 0 Å². The van der Waals surface area contributed by atoms with Gasteiger partial charge in [-0.25, -0.2) is 17.9 Å². The molecule has 0 bridgehead atoms. The Balaban J connectivity index is 2.85. The number of carbonyl (C=O) groups excluding carboxylic acids is 2. The Labute approximate surface area is 156 Å². The molecule has 0 spiro atoms. The zero-order valence-electron chi connectivity index (χ0n) is 14.5. The van der Waals surface area contributed by atoms with Crippen molar-refractivity contribution in [2.45, 2.75) is 38.7 Å². The molecule has 0 aliphatic heterocycles. The number of esters is 2. The molecular weight excluding hydrogens is 414 g/mol. The van der Waals surface area contributed by atoms with Crippen molar-refractivity contribution in [3.05, 3.63) is 28.2 Å². The van der Waals surface area contributed by atoms with Crippen molar-refractivity contribution in [3.63, 3.8) is 0 Å². The smallest absolute Gasteiger partial charge is 0.338 e. The lowest BCUT2D eigenvalue weighted by Gasteiger charge is -2.15. The summed E-state index contributed by atoms with van der Waals surface area (Å²) in [4.78, 5) is 23.4. The van der Waals surface area contributed by atoms with Crippen molar-refractivity contribution in [2.75, 3.05) is 13.2 Å². The average Bonchev–Trinajstić information content (AvgIpc) is 2.51. The van der Waals surface area contributed by atoms with E-state index in [0.29, 0.717) is 0 Å². The summed E-state index contributed by atoms with van der Waals surface area (Å²) in [5, 5.41) is 0. The minimum Gasteiger partial charge on any atom is -0.463 e. The molecule has 0 heterocycles. The predicted molar refractivity (Wildman–Crippen MR) is 95.7 cm³/mol. The highest BCUT2D eigenvalue weighted by Crippen LogP contribution is 2.23. The average molecular weight is 436 g/mol. The van der Waals surface area contributed by atoms with Gasteiger partial charge in [-0.2, -0.15) is 0 Å². The molecule has 7 nitrogen and oxygen atoms in total. The van der Waals surface area contributed by atoms with E-state index in [0.717, 1.165) is 0 Å². The Morgan fingerprint density at radius 3 is 2.40 bits per heavy atom. The number of sulfonamides is 1. The third-order valence-electron chi connectivity index (χ3n) is 3.07. The van der Waals surface area contributed by atoms with Crippen LogP contribution in [0.25, 0.3) is 0 Å². The molecule has 0 amide bonds. The molecule has 9 heteroatoms. The van der Waals surface area contributed by atoms with E-state index in [9.17, 15) is 18.0 Å². The molecular formula is C16H22BrNO6S. The number of halogens is 1. The van der Waals surface area contributed by atoms with Crippen molar-refractivity contribution in [1.82, 2.24) is 4.72 Å². The molecule has 1 aromatic carbocycles. The molecule has 1 N–H and O–H groups in total. The van der Waals surface area contributed by atoms with Gasteiger partial charge in [-0.05, 0) is 54.9 Å². The number of ether oxygens (including phenoxy) is 2. The zero-order valence-corrected chi connectivity index (χ0v) is 16.9. The maximum atomic E-state index is 12.4. The van der Waals surface area contributed by atoms with Gasteiger partial charge in [-0.15, -0.1) is 0 Å². The summed E-state index contributed by atoms with van der Waals surface area (Å²) in [6.07, 6.45) is -0.267. The molecule has 0 radical (unpaired) electrons. The maximum absolute atomic E-state index is 12.4. The van der Waals surface area contributed by atoms with E-state index < -0.39 is 27.9 Å². The number of carbonyl (C=O) groups is 2. The zero-order chi connectivity index (χ0) is 19.2. The third-order valence-corrected chi connectivity index (χ3v) is 5.47. The highest BCUT2D eigenvalue weighted by molar-refractivity contribution is 9.10. The van der Waals surface area contributed by atoms with E-state index in [1.54, 1.807) is 27.7 Å². The van der Waals surface area contributed by atoms with Crippen LogP contribution >= 0.6 is 15.9 Å². The Morgan fingerprint density at radius 1 is 1.24 bits per heavy atom. The van der Waals surface area contributed by atoms with Crippen LogP contribution in [0.4, 0.5) is 0 Å². The van der Waals surface area contributed by atoms with E-state index in [1.165, 1.54) is 18.2 Å². The lowest BCUT2D eigenvalue weighted by Crippen LogP contribution is -2.33. The number of nitrogens with one attached hydrogen (secondary N) is 1. The van der Waals surface area contributed by atoms with Crippen LogP contribution < -0.4 is 4.72 Å². The second kappa shape index (κ2) is 9.30. The van der Waals surface area contributed by atoms with E-state index in [4.69, 9.17) is 9.47 Å². The van der Waals surface area contributed by atoms with Crippen molar-refractivity contribution >= 4 is 37.9 Å². The van der Waals surface area contributed by atoms with Gasteiger partial charge in [-0.1, -0.05) is 6.92 Å². The molecule has 140 valence electrons. The van der Waals surface area contributed by atoms with Crippen molar-refractivity contribution in [2.24, 2.45) is 5.92 Å². The molecule has 0 aliphatic carbocycles. The second-order valence-electron chi connectivity index (χ2n) is 5.60. The van der Waals surface area contributed by atoms with E-state index in [2.05, 4.69) is 20.7 Å². The van der Waals surface area contributed by atoms with Gasteiger partial charge in [0.15, 0.2) is 0 Å². The van der Waals surface area contributed by atoms with Gasteiger partial charge in [-0.3, -0.25) is 4.79 Å². The molecule has 0 aliphatic rings. The Morgan fingerprint density at radius 2 is 1.88 bits per heavy atom. The van der Waals surface area contributed by atoms with Crippen LogP contribution in [0, 0.1) is 5.92 Å². The molecule has 1 atom stereocenters. The Kier molecular flexibility index (Phi) is 8.04. The van der Waals surface area contributed by atoms with Crippen molar-refractivity contribution < 1.29 is 27.5 Å². The summed E-state index contributed by atoms with van der Waals surface area (Å²) in [6.45, 7) is 6.82. The monoisotopic (exact) mass is 435 g/mol. The van der Waals surface area contributed by atoms with Gasteiger partial charge in [0.05, 0.1) is 29.1 Å². The number of benzene rings is 1. The number of hydrogen-bond acceptors (Lipinski definition) is 6. The summed E-state index contributed by atoms with van der Waals surface area (Å²) < 4.78 is 37.3. The molecule has 0 fully saturated rings. The fourth-order valence-corrected chi connectivity index (χ4v) is 4.01. The van der Waals surface area contributed by atoms with Crippen LogP contribution in [0.1, 0.15) is 38.1 Å². The van der Waals surface area contributed by atoms with Gasteiger partial charge < -0.3 is 9.47 Å². The summed E-state index contributed by atoms with van der Waals surface area (Å²) in [5.74, 6) is -1.64. The standard InChI is InChI=1S/C16H22BrNO6S/c1-5-23-16(20)12-6-7-14(13(17)8-12)25(21,22)18-9-11(4)15(19)24-10(2)3/h6-8,10-11,18H,5,9H2,1-4H3/t11-/m0/s1. The van der Waals surface area contributed by atoms with E-state index in [-0.39, 0.29) is 34.2 Å². The number of hydrogen-bond donors (Lipinski definition) is 1. The van der Waals surface area contributed by atoms with Gasteiger partial charge in [0.1, 0.15) is 0 Å². The van der Waals surface area contributed by atoms with Gasteiger partial charge >= 0.3 is 11.9 Å². The molecule has 0 saturated heterocycles. The fourth-order valence-electron chi connectivity index (χ4n) is 1.80. The Bertz CT molecular complexity index is 732. The summed E-state index contributed by atoms with van der Waals surface area (Å²) in [7, 11) is -3.86. The third kappa shape index (κ3) is 6.41. The lowest BCUT2D eigenvalue weighted by atomic mass is 10.2. The summed E-state index contributed by atoms with van der Waals surface area (Å²) >= 11 is 3.15. The van der Waals surface area contributed by atoms with Crippen LogP contribution in [-0.2, 0) is 24.3 Å². The first kappa shape index (κ1) is 21.6. The normalized spacial score (nSPS) is 12.7. The minimum atomic E-state index is -3.86. The van der Waals surface area contributed by atoms with Crippen LogP contribution in [0.2, 0.25) is 0 Å². The summed E-state index contributed by atoms with van der Waals surface area (Å²) in [5.41, 5.74) is 0.238. The quantitative estimate of drug-likeness (QED) is 0.629. The van der Waals surface area contributed by atoms with Gasteiger partial charge in [0, 0.05) is 11.0 Å². The molecule has 1 aromatic rings. The van der Waals surface area contributed by atoms with E-state index >= 15 is 0 Å². The van der Waals surface area contributed by atoms with Crippen LogP contribution in [0.15, 0.2) is 27.6 Å². The predicted octanol–water partition coefficient (Wildman–Crippen LogP) is 2.49. The SMILES string of the molecule is CCOC(=O)c1ccc(S(=O)(=O)NC[C@H](C)C(=O)OC(C)C)c(Br)c1. The minimum absolute atomic E-state index is 0.0371. The van der Waals surface area contributed by atoms with Crippen LogP contribution in [0.5, 0.6) is 0 Å². The molecule has 0 aromatic heterocycles. The van der Waals surface area contributed by atoms with Crippen molar-refractivity contribution in [3.8, 4) is 0 Å². The first-order chi connectivity index (χ1) is 11.6. The molecule has 25 heavy (non-hydrogen) atoms. The molecule has 1 rings (SSSR count). The topological polar surface area (TPSA) is 98.8 Å². The molecule has 0 unspecified atom stereocenters. The van der Waals surface area contributed by atoms with Crippen LogP contribution in [0.3, 0.4) is 0 Å². The highest BCUT2D eigenvalue weighted by Gasteiger charge is 2.23. The number of rotatable bonds is 8. The fraction of sp³-hybridized carbons (Fsp3) is 0.500. The van der Waals surface area contributed by atoms with Gasteiger partial charge in [0.2, 0.25) is 10.0 Å². The van der Waals surface area contributed by atoms with Crippen LogP contribution in [-0.4, -0.2) is 39.6 Å². The largest absolute Gasteiger partial charge is 0.463 e. The maximum Gasteiger partial charge on any atom is 0.338 e.